The fraction of sp³-hybridized carbons (Fsp3) is 0.0952. The number of benzene rings is 2. The van der Waals surface area contributed by atoms with E-state index in [2.05, 4.69) is 27.8 Å². The Bertz CT molecular complexity index is 1110. The average molecular weight is 502 g/mol. The van der Waals surface area contributed by atoms with Gasteiger partial charge in [-0.2, -0.15) is 0 Å². The number of nitrogens with one attached hydrogen (secondary N) is 1. The van der Waals surface area contributed by atoms with Crippen LogP contribution in [0.15, 0.2) is 65.2 Å². The topological polar surface area (TPSA) is 102 Å². The van der Waals surface area contributed by atoms with Crippen LogP contribution in [-0.4, -0.2) is 33.3 Å². The first-order chi connectivity index (χ1) is 14.8. The number of non-ortho nitro benzene ring substituents is 1. The molecule has 1 N–H and O–H groups in total. The molecule has 1 aliphatic rings. The summed E-state index contributed by atoms with van der Waals surface area (Å²) in [5, 5.41) is 13.3. The number of hydrogen-bond donors (Lipinski definition) is 1. The quantitative estimate of drug-likeness (QED) is 0.155. The largest absolute Gasteiger partial charge is 0.488 e. The minimum Gasteiger partial charge on any atom is -0.488 e. The molecule has 10 heteroatoms. The van der Waals surface area contributed by atoms with Crippen molar-refractivity contribution in [1.82, 2.24) is 10.2 Å². The van der Waals surface area contributed by atoms with Gasteiger partial charge in [0, 0.05) is 28.7 Å². The number of rotatable bonds is 7. The molecule has 0 saturated carbocycles. The van der Waals surface area contributed by atoms with Crippen molar-refractivity contribution in [2.24, 2.45) is 0 Å². The molecule has 8 nitrogen and oxygen atoms in total. The molecular weight excluding hydrogens is 486 g/mol. The Kier molecular flexibility index (Phi) is 6.93. The molecule has 1 heterocycles. The molecule has 2 aromatic carbocycles. The van der Waals surface area contributed by atoms with Crippen LogP contribution in [0.5, 0.6) is 5.75 Å². The number of ether oxygens (including phenoxy) is 1. The normalized spacial score (nSPS) is 15.1. The zero-order valence-electron chi connectivity index (χ0n) is 16.0. The highest BCUT2D eigenvalue weighted by atomic mass is 79.9. The molecule has 1 saturated heterocycles. The number of nitro groups is 1. The summed E-state index contributed by atoms with van der Waals surface area (Å²) in [6.45, 7) is 3.90. The number of nitro benzene ring substituents is 1. The summed E-state index contributed by atoms with van der Waals surface area (Å²) >= 11 is 8.43. The fourth-order valence-electron chi connectivity index (χ4n) is 2.78. The lowest BCUT2D eigenvalue weighted by molar-refractivity contribution is -0.384. The van der Waals surface area contributed by atoms with Crippen LogP contribution in [0.2, 0.25) is 0 Å². The van der Waals surface area contributed by atoms with Crippen LogP contribution < -0.4 is 10.1 Å². The molecule has 1 fully saturated rings. The first-order valence-corrected chi connectivity index (χ1v) is 10.2. The average Bonchev–Trinajstić information content (AvgIpc) is 2.73. The summed E-state index contributed by atoms with van der Waals surface area (Å²) in [6.07, 6.45) is 2.95. The van der Waals surface area contributed by atoms with Crippen molar-refractivity contribution >= 4 is 56.8 Å². The van der Waals surface area contributed by atoms with Gasteiger partial charge in [-0.1, -0.05) is 22.0 Å². The smallest absolute Gasteiger partial charge is 0.269 e. The lowest BCUT2D eigenvalue weighted by atomic mass is 10.1. The molecule has 0 aromatic heterocycles. The second-order valence-corrected chi connectivity index (χ2v) is 7.72. The molecule has 0 aliphatic carbocycles. The van der Waals surface area contributed by atoms with Gasteiger partial charge in [0.2, 0.25) is 0 Å². The maximum Gasteiger partial charge on any atom is 0.269 e. The minimum atomic E-state index is -0.600. The van der Waals surface area contributed by atoms with E-state index in [4.69, 9.17) is 17.0 Å². The molecule has 158 valence electrons. The third-order valence-corrected chi connectivity index (χ3v) is 5.13. The van der Waals surface area contributed by atoms with Gasteiger partial charge < -0.3 is 4.74 Å². The van der Waals surface area contributed by atoms with E-state index < -0.39 is 16.7 Å². The van der Waals surface area contributed by atoms with Crippen LogP contribution in [0.4, 0.5) is 5.69 Å². The number of nitrogens with zero attached hydrogens (tertiary/aromatic N) is 2. The van der Waals surface area contributed by atoms with Crippen LogP contribution in [0.25, 0.3) is 6.08 Å². The fourth-order valence-corrected chi connectivity index (χ4v) is 3.41. The molecule has 2 amide bonds. The van der Waals surface area contributed by atoms with E-state index >= 15 is 0 Å². The Morgan fingerprint density at radius 1 is 1.23 bits per heavy atom. The van der Waals surface area contributed by atoms with Crippen LogP contribution in [0.3, 0.4) is 0 Å². The van der Waals surface area contributed by atoms with Gasteiger partial charge in [0.15, 0.2) is 5.11 Å². The number of thiocarbonyl (C=S) groups is 1. The molecule has 0 spiro atoms. The standard InChI is InChI=1S/C21H16BrN3O5S/c1-2-9-24-20(27)17(19(26)23-21(24)31)11-14-10-15(22)5-8-18(14)30-12-13-3-6-16(7-4-13)25(28)29/h2-8,10-11H,1,9,12H2,(H,23,26,31)/b17-11-. The highest BCUT2D eigenvalue weighted by Crippen LogP contribution is 2.28. The van der Waals surface area contributed by atoms with Crippen molar-refractivity contribution in [2.75, 3.05) is 6.54 Å². The third-order valence-electron chi connectivity index (χ3n) is 4.31. The number of carbonyl (C=O) groups excluding carboxylic acids is 2. The second kappa shape index (κ2) is 9.63. The van der Waals surface area contributed by atoms with Crippen LogP contribution >= 0.6 is 28.1 Å². The van der Waals surface area contributed by atoms with E-state index in [1.54, 1.807) is 30.3 Å². The van der Waals surface area contributed by atoms with Gasteiger partial charge in [0.05, 0.1) is 4.92 Å². The Hall–Kier alpha value is -3.37. The predicted molar refractivity (Wildman–Crippen MR) is 122 cm³/mol. The summed E-state index contributed by atoms with van der Waals surface area (Å²) in [5.41, 5.74) is 1.12. The van der Waals surface area contributed by atoms with E-state index in [0.717, 1.165) is 10.0 Å². The van der Waals surface area contributed by atoms with Crippen molar-refractivity contribution < 1.29 is 19.2 Å². The third kappa shape index (κ3) is 5.22. The molecule has 0 unspecified atom stereocenters. The predicted octanol–water partition coefficient (Wildman–Crippen LogP) is 3.75. The summed E-state index contributed by atoms with van der Waals surface area (Å²) in [6, 6.07) is 11.1. The van der Waals surface area contributed by atoms with Gasteiger partial charge in [0.1, 0.15) is 17.9 Å². The monoisotopic (exact) mass is 501 g/mol. The van der Waals surface area contributed by atoms with Crippen molar-refractivity contribution in [3.05, 3.63) is 86.4 Å². The van der Waals surface area contributed by atoms with Gasteiger partial charge in [-0.3, -0.25) is 29.9 Å². The number of amides is 2. The first kappa shape index (κ1) is 22.3. The minimum absolute atomic E-state index is 0.0124. The van der Waals surface area contributed by atoms with Crippen molar-refractivity contribution in [1.29, 1.82) is 0 Å². The molecule has 0 radical (unpaired) electrons. The summed E-state index contributed by atoms with van der Waals surface area (Å²) in [5.74, 6) is -0.704. The van der Waals surface area contributed by atoms with Crippen molar-refractivity contribution in [2.45, 2.75) is 6.61 Å². The van der Waals surface area contributed by atoms with Gasteiger partial charge >= 0.3 is 0 Å². The van der Waals surface area contributed by atoms with Gasteiger partial charge in [-0.25, -0.2) is 0 Å². The van der Waals surface area contributed by atoms with E-state index in [9.17, 15) is 19.7 Å². The Labute approximate surface area is 191 Å². The van der Waals surface area contributed by atoms with Gasteiger partial charge in [-0.15, -0.1) is 6.58 Å². The molecule has 0 bridgehead atoms. The van der Waals surface area contributed by atoms with Crippen LogP contribution in [0, 0.1) is 10.1 Å². The SMILES string of the molecule is C=CCN1C(=O)/C(=C\c2cc(Br)ccc2OCc2ccc([N+](=O)[O-])cc2)C(=O)NC1=S. The lowest BCUT2D eigenvalue weighted by Crippen LogP contribution is -2.53. The molecular formula is C21H16BrN3O5S. The zero-order chi connectivity index (χ0) is 22.5. The van der Waals surface area contributed by atoms with E-state index in [1.165, 1.54) is 29.2 Å². The van der Waals surface area contributed by atoms with Crippen molar-refractivity contribution in [3.63, 3.8) is 0 Å². The van der Waals surface area contributed by atoms with E-state index in [1.807, 2.05) is 0 Å². The van der Waals surface area contributed by atoms with Gasteiger partial charge in [0.25, 0.3) is 17.5 Å². The lowest BCUT2D eigenvalue weighted by Gasteiger charge is -2.27. The number of carbonyl (C=O) groups is 2. The summed E-state index contributed by atoms with van der Waals surface area (Å²) in [4.78, 5) is 36.7. The highest BCUT2D eigenvalue weighted by Gasteiger charge is 2.32. The molecule has 3 rings (SSSR count). The number of hydrogen-bond acceptors (Lipinski definition) is 6. The highest BCUT2D eigenvalue weighted by molar-refractivity contribution is 9.10. The summed E-state index contributed by atoms with van der Waals surface area (Å²) < 4.78 is 6.58. The van der Waals surface area contributed by atoms with E-state index in [0.29, 0.717) is 11.3 Å². The van der Waals surface area contributed by atoms with Crippen LogP contribution in [0.1, 0.15) is 11.1 Å². The molecule has 31 heavy (non-hydrogen) atoms. The van der Waals surface area contributed by atoms with Crippen molar-refractivity contribution in [3.8, 4) is 5.75 Å². The Morgan fingerprint density at radius 3 is 2.58 bits per heavy atom. The van der Waals surface area contributed by atoms with E-state index in [-0.39, 0.29) is 29.5 Å². The molecule has 1 aliphatic heterocycles. The molecule has 0 atom stereocenters. The maximum atomic E-state index is 12.8. The summed E-state index contributed by atoms with van der Waals surface area (Å²) in [7, 11) is 0. The number of halogens is 1. The Morgan fingerprint density at radius 2 is 1.94 bits per heavy atom. The second-order valence-electron chi connectivity index (χ2n) is 6.42. The Balaban J connectivity index is 1.87. The first-order valence-electron chi connectivity index (χ1n) is 8.95. The maximum absolute atomic E-state index is 12.8. The van der Waals surface area contributed by atoms with Crippen LogP contribution in [-0.2, 0) is 16.2 Å². The zero-order valence-corrected chi connectivity index (χ0v) is 18.4. The van der Waals surface area contributed by atoms with Gasteiger partial charge in [-0.05, 0) is 54.2 Å². The molecule has 2 aromatic rings.